The van der Waals surface area contributed by atoms with E-state index in [4.69, 9.17) is 25.5 Å². The molecule has 130 valence electrons. The zero-order valence-corrected chi connectivity index (χ0v) is 13.2. The highest BCUT2D eigenvalue weighted by atomic mass is 35.5. The van der Waals surface area contributed by atoms with Gasteiger partial charge >= 0.3 is 13.5 Å². The van der Waals surface area contributed by atoms with Gasteiger partial charge in [-0.05, 0) is 0 Å². The van der Waals surface area contributed by atoms with Crippen molar-refractivity contribution in [2.45, 2.75) is 24.3 Å². The number of phosphoric ester groups is 1. The van der Waals surface area contributed by atoms with E-state index < -0.39 is 44.3 Å². The zero-order valence-electron chi connectivity index (χ0n) is 13.7. The monoisotopic (exact) mass is 395 g/mol. The molecule has 1 fully saturated rings. The Hall–Kier alpha value is -0.690. The van der Waals surface area contributed by atoms with Gasteiger partial charge in [0.05, 0.1) is 9.13 Å². The molecule has 1 aromatic rings. The normalized spacial score (nSPS) is 37.2. The lowest BCUT2D eigenvalue weighted by Gasteiger charge is -2.22. The third-order valence-corrected chi connectivity index (χ3v) is 3.68. The van der Waals surface area contributed by atoms with Crippen LogP contribution in [0.5, 0.6) is 0 Å². The molecule has 4 atom stereocenters. The summed E-state index contributed by atoms with van der Waals surface area (Å²) in [4.78, 5) is 31.3. The van der Waals surface area contributed by atoms with E-state index >= 15 is 0 Å². The average molecular weight is 396 g/mol. The minimum absolute atomic E-state index is 0.175. The molecule has 0 saturated carbocycles. The van der Waals surface area contributed by atoms with Gasteiger partial charge in [0.1, 0.15) is 23.4 Å². The van der Waals surface area contributed by atoms with E-state index in [-0.39, 0.29) is 14.2 Å². The third-order valence-electron chi connectivity index (χ3n) is 2.63. The minimum atomic E-state index is -5.62. The second-order valence-corrected chi connectivity index (χ2v) is 6.24. The molecular weight excluding hydrogens is 382 g/mol. The number of aromatic nitrogens is 2. The van der Waals surface area contributed by atoms with Crippen molar-refractivity contribution in [2.75, 3.05) is 6.56 Å². The lowest BCUT2D eigenvalue weighted by molar-refractivity contribution is -0.205. The summed E-state index contributed by atoms with van der Waals surface area (Å²) >= 11 is 10.4. The molecule has 1 aliphatic heterocycles. The van der Waals surface area contributed by atoms with Gasteiger partial charge in [0, 0.05) is 6.20 Å². The first-order valence-corrected chi connectivity index (χ1v) is 7.90. The van der Waals surface area contributed by atoms with Crippen molar-refractivity contribution in [3.05, 3.63) is 26.3 Å². The zero-order chi connectivity index (χ0) is 20.3. The first-order valence-electron chi connectivity index (χ1n) is 7.08. The maximum absolute atomic E-state index is 15.0. The van der Waals surface area contributed by atoms with Gasteiger partial charge in [-0.25, -0.2) is 13.8 Å². The van der Waals surface area contributed by atoms with E-state index in [1.54, 1.807) is 0 Å². The second kappa shape index (κ2) is 6.31. The number of hydrogen-bond acceptors (Lipinski definition) is 7. The van der Waals surface area contributed by atoms with Gasteiger partial charge in [-0.3, -0.25) is 14.1 Å². The standard InChI is InChI=1S/C9H11ClFN2O8PS/c10-3-1-13(8(16)12-6(3)23)7-4(14)5(15)9(11,21-7)2-20-22(17,18)19/h1,4-5,7,14-15H,2H2,(H,12,16,23)(H2,17,18,19)/t4-,5+,7-,9-/m1/s1/i2D2,7D. The Labute approximate surface area is 141 Å². The third kappa shape index (κ3) is 3.87. The van der Waals surface area contributed by atoms with Crippen LogP contribution in [0.3, 0.4) is 0 Å². The Morgan fingerprint density at radius 2 is 2.30 bits per heavy atom. The summed E-state index contributed by atoms with van der Waals surface area (Å²) in [5.74, 6) is -4.16. The van der Waals surface area contributed by atoms with E-state index in [9.17, 15) is 24.0 Å². The van der Waals surface area contributed by atoms with Crippen LogP contribution in [-0.2, 0) is 13.8 Å². The number of halogens is 2. The molecule has 0 spiro atoms. The van der Waals surface area contributed by atoms with E-state index in [0.717, 1.165) is 0 Å². The van der Waals surface area contributed by atoms with Crippen molar-refractivity contribution >= 4 is 31.6 Å². The molecule has 2 heterocycles. The minimum Gasteiger partial charge on any atom is -0.385 e. The van der Waals surface area contributed by atoms with Gasteiger partial charge in [0.25, 0.3) is 5.85 Å². The van der Waals surface area contributed by atoms with Crippen LogP contribution in [0.1, 0.15) is 10.3 Å². The molecular formula is C9H11ClFN2O8PS. The Balaban J connectivity index is 2.59. The van der Waals surface area contributed by atoms with Crippen molar-refractivity contribution in [1.29, 1.82) is 0 Å². The molecule has 14 heteroatoms. The molecule has 1 aromatic heterocycles. The van der Waals surface area contributed by atoms with Crippen molar-refractivity contribution in [2.24, 2.45) is 0 Å². The number of rotatable bonds is 4. The summed E-state index contributed by atoms with van der Waals surface area (Å²) in [5.41, 5.74) is -1.23. The highest BCUT2D eigenvalue weighted by molar-refractivity contribution is 7.71. The number of nitrogens with one attached hydrogen (secondary N) is 1. The fourth-order valence-corrected chi connectivity index (χ4v) is 2.15. The van der Waals surface area contributed by atoms with E-state index in [1.807, 2.05) is 4.98 Å². The van der Waals surface area contributed by atoms with Crippen LogP contribution < -0.4 is 5.69 Å². The first-order chi connectivity index (χ1) is 11.5. The highest BCUT2D eigenvalue weighted by Gasteiger charge is 2.57. The lowest BCUT2D eigenvalue weighted by atomic mass is 10.1. The van der Waals surface area contributed by atoms with Gasteiger partial charge < -0.3 is 24.7 Å². The van der Waals surface area contributed by atoms with Crippen molar-refractivity contribution < 1.29 is 42.3 Å². The van der Waals surface area contributed by atoms with E-state index in [2.05, 4.69) is 21.5 Å². The summed E-state index contributed by atoms with van der Waals surface area (Å²) < 4.78 is 56.4. The summed E-state index contributed by atoms with van der Waals surface area (Å²) in [7, 11) is -5.62. The SMILES string of the molecule is [2H]C([2H])(OP(=O)(O)O)[C@@]1(F)O[C@@]([2H])(n2cc(Cl)c(=S)[nH]c2=O)[C@H](O)[C@@H]1O. The van der Waals surface area contributed by atoms with Gasteiger partial charge in [-0.15, -0.1) is 0 Å². The molecule has 0 aliphatic carbocycles. The molecule has 2 rings (SSSR count). The maximum Gasteiger partial charge on any atom is 0.469 e. The lowest BCUT2D eigenvalue weighted by Crippen LogP contribution is -2.42. The highest BCUT2D eigenvalue weighted by Crippen LogP contribution is 2.43. The van der Waals surface area contributed by atoms with Gasteiger partial charge in [-0.1, -0.05) is 23.8 Å². The fourth-order valence-electron chi connectivity index (χ4n) is 1.62. The maximum atomic E-state index is 15.0. The van der Waals surface area contributed by atoms with Crippen molar-refractivity contribution in [3.63, 3.8) is 0 Å². The number of alkyl halides is 1. The van der Waals surface area contributed by atoms with Crippen LogP contribution in [0.15, 0.2) is 11.0 Å². The van der Waals surface area contributed by atoms with E-state index in [1.165, 1.54) is 0 Å². The van der Waals surface area contributed by atoms with Gasteiger partial charge in [-0.2, -0.15) is 0 Å². The second-order valence-electron chi connectivity index (χ2n) is 4.27. The van der Waals surface area contributed by atoms with Crippen LogP contribution in [0, 0.1) is 4.64 Å². The van der Waals surface area contributed by atoms with Crippen LogP contribution in [0.4, 0.5) is 4.39 Å². The molecule has 23 heavy (non-hydrogen) atoms. The van der Waals surface area contributed by atoms with Gasteiger partial charge in [0.2, 0.25) is 0 Å². The quantitative estimate of drug-likeness (QED) is 0.338. The smallest absolute Gasteiger partial charge is 0.385 e. The van der Waals surface area contributed by atoms with Gasteiger partial charge in [0.15, 0.2) is 6.20 Å². The number of hydrogen-bond donors (Lipinski definition) is 5. The molecule has 0 bridgehead atoms. The largest absolute Gasteiger partial charge is 0.469 e. The number of ether oxygens (including phenoxy) is 1. The molecule has 10 nitrogen and oxygen atoms in total. The number of nitrogens with zero attached hydrogens (tertiary/aromatic N) is 1. The molecule has 0 radical (unpaired) electrons. The van der Waals surface area contributed by atoms with Crippen molar-refractivity contribution in [1.82, 2.24) is 9.55 Å². The Bertz CT molecular complexity index is 896. The average Bonchev–Trinajstić information content (AvgIpc) is 2.63. The fraction of sp³-hybridized carbons (Fsp3) is 0.556. The number of H-pyrrole nitrogens is 1. The first kappa shape index (κ1) is 14.6. The molecule has 5 N–H and O–H groups in total. The van der Waals surface area contributed by atoms with E-state index in [0.29, 0.717) is 6.20 Å². The Morgan fingerprint density at radius 1 is 1.70 bits per heavy atom. The van der Waals surface area contributed by atoms with Crippen LogP contribution in [0.25, 0.3) is 0 Å². The van der Waals surface area contributed by atoms with Crippen LogP contribution in [0.2, 0.25) is 5.02 Å². The predicted molar refractivity (Wildman–Crippen MR) is 74.9 cm³/mol. The molecule has 1 aliphatic rings. The number of aromatic amines is 1. The Morgan fingerprint density at radius 3 is 2.87 bits per heavy atom. The van der Waals surface area contributed by atoms with Crippen LogP contribution >= 0.6 is 31.6 Å². The number of aliphatic hydroxyl groups is 2. The number of aliphatic hydroxyl groups excluding tert-OH is 2. The van der Waals surface area contributed by atoms with Crippen molar-refractivity contribution in [3.8, 4) is 0 Å². The predicted octanol–water partition coefficient (Wildman–Crippen LogP) is -0.415. The van der Waals surface area contributed by atoms with Crippen LogP contribution in [-0.4, -0.2) is 54.2 Å². The molecule has 0 aromatic carbocycles. The summed E-state index contributed by atoms with van der Waals surface area (Å²) in [6.45, 7) is -4.04. The molecule has 0 amide bonds. The summed E-state index contributed by atoms with van der Waals surface area (Å²) in [5, 5.41) is 19.5. The number of phosphoric acid groups is 1. The Kier molecular flexibility index (Phi) is 4.02. The molecule has 0 unspecified atom stereocenters. The summed E-state index contributed by atoms with van der Waals surface area (Å²) in [6, 6.07) is 0. The summed E-state index contributed by atoms with van der Waals surface area (Å²) in [6.07, 6.45) is -8.03. The molecule has 1 saturated heterocycles. The topological polar surface area (TPSA) is 154 Å².